The van der Waals surface area contributed by atoms with Crippen molar-refractivity contribution in [1.82, 2.24) is 60.5 Å². The number of aliphatic hydroxyl groups is 1. The molecule has 0 unspecified atom stereocenters. The van der Waals surface area contributed by atoms with Crippen LogP contribution in [-0.2, 0) is 57.5 Å². The summed E-state index contributed by atoms with van der Waals surface area (Å²) in [7, 11) is 10.0. The van der Waals surface area contributed by atoms with Crippen LogP contribution in [0.25, 0.3) is 0 Å². The Morgan fingerprint density at radius 1 is 0.510 bits per heavy atom. The van der Waals surface area contributed by atoms with Crippen LogP contribution in [0.1, 0.15) is 183 Å². The van der Waals surface area contributed by atoms with Gasteiger partial charge < -0.3 is 70.3 Å². The minimum Gasteiger partial charge on any atom is -0.390 e. The number of hydrogen-bond acceptors (Lipinski definition) is 15. The molecule has 11 amide bonds. The van der Waals surface area contributed by atoms with Crippen LogP contribution in [-0.4, -0.2) is 269 Å². The van der Waals surface area contributed by atoms with Crippen LogP contribution < -0.4 is 21.3 Å². The average Bonchev–Trinajstić information content (AvgIpc) is 0.806. The fourth-order valence-electron chi connectivity index (χ4n) is 12.3. The van der Waals surface area contributed by atoms with Gasteiger partial charge in [0.1, 0.15) is 60.4 Å². The molecule has 26 heteroatoms. The average molecular weight is 1410 g/mol. The van der Waals surface area contributed by atoms with Gasteiger partial charge in [-0.05, 0) is 126 Å². The molecule has 13 atom stereocenters. The summed E-state index contributed by atoms with van der Waals surface area (Å²) in [6, 6.07) is -12.9. The topological polar surface area (TPSA) is 291 Å². The van der Waals surface area contributed by atoms with Crippen molar-refractivity contribution in [3.05, 3.63) is 12.2 Å². The molecule has 1 aliphatic heterocycles. The number of allylic oxidation sites excluding steroid dienone is 2. The van der Waals surface area contributed by atoms with Gasteiger partial charge in [-0.25, -0.2) is 0 Å². The summed E-state index contributed by atoms with van der Waals surface area (Å²) in [5.41, 5.74) is 0. The molecule has 1 aliphatic rings. The Balaban J connectivity index is 4.62. The lowest BCUT2D eigenvalue weighted by Gasteiger charge is -2.41. The molecule has 0 bridgehead atoms. The van der Waals surface area contributed by atoms with Crippen LogP contribution in [0, 0.1) is 41.4 Å². The predicted octanol–water partition coefficient (Wildman–Crippen LogP) is 5.47. The van der Waals surface area contributed by atoms with E-state index in [4.69, 9.17) is 4.74 Å². The third-order valence-corrected chi connectivity index (χ3v) is 20.4. The van der Waals surface area contributed by atoms with Crippen molar-refractivity contribution in [3.8, 4) is 0 Å². The highest BCUT2D eigenvalue weighted by Gasteiger charge is 2.46. The van der Waals surface area contributed by atoms with Gasteiger partial charge in [0.2, 0.25) is 59.1 Å². The summed E-state index contributed by atoms with van der Waals surface area (Å²) in [6.07, 6.45) is 4.95. The minimum atomic E-state index is -1.65. The quantitative estimate of drug-likeness (QED) is 0.0530. The number of thioether (sulfide) groups is 1. The van der Waals surface area contributed by atoms with Crippen LogP contribution in [0.3, 0.4) is 0 Å². The van der Waals surface area contributed by atoms with Crippen LogP contribution in [0.5, 0.6) is 0 Å². The Kier molecular flexibility index (Phi) is 40.2. The van der Waals surface area contributed by atoms with Crippen LogP contribution >= 0.6 is 11.8 Å². The summed E-state index contributed by atoms with van der Waals surface area (Å²) >= 11 is 1.18. The predicted molar refractivity (Wildman–Crippen MR) is 388 cm³/mol. The van der Waals surface area contributed by atoms with Crippen molar-refractivity contribution in [2.75, 3.05) is 87.9 Å². The van der Waals surface area contributed by atoms with Gasteiger partial charge >= 0.3 is 0 Å². The third kappa shape index (κ3) is 26.3. The van der Waals surface area contributed by atoms with Crippen molar-refractivity contribution >= 4 is 76.7 Å². The van der Waals surface area contributed by atoms with Gasteiger partial charge in [0, 0.05) is 55.9 Å². The number of carbonyl (C=O) groups excluding carboxylic acids is 11. The smallest absolute Gasteiger partial charge is 0.256 e. The van der Waals surface area contributed by atoms with Crippen molar-refractivity contribution in [2.45, 2.75) is 255 Å². The van der Waals surface area contributed by atoms with Gasteiger partial charge in [-0.15, -0.1) is 11.8 Å². The van der Waals surface area contributed by atoms with E-state index in [0.717, 1.165) is 30.8 Å². The van der Waals surface area contributed by atoms with Crippen LogP contribution in [0.2, 0.25) is 0 Å². The summed E-state index contributed by atoms with van der Waals surface area (Å²) in [5, 5.41) is 22.3. The minimum absolute atomic E-state index is 0.00901. The highest BCUT2D eigenvalue weighted by Crippen LogP contribution is 2.27. The standard InChI is InChI=1S/C72H132N12O13S/c1-27-33-35-48(17)60(85)59-64(89)75-52(30-4)66(91)83(26)72(98-37-34-36-84(31-5)32-6)71(96)80(23)56(42-97-41-51(28-2)29-3)63(88)76-57(46(13)14)69(94)77(20)53(38-43(7)8)62(87)73-49(18)61(86)74-50(19)65(90)78(21)54(39-44(9)10)67(92)79(22)55(40-45(11)12)68(93)81(24)58(47(15)16)70(95)82(59)25/h27,33,43-60,72,85H,28-32,34-42H2,1-26H3,(H,73,87)(H,74,86)(H,75,89)(H,76,88)/b33-27+/t48-,49+,50-,52+,53+,54+,55+,56+,57+,58+,59+,60-,72-/m1/s1. The summed E-state index contributed by atoms with van der Waals surface area (Å²) in [5.74, 6) is -9.44. The molecule has 25 nitrogen and oxygen atoms in total. The fraction of sp³-hybridized carbons (Fsp3) is 0.819. The lowest BCUT2D eigenvalue weighted by Crippen LogP contribution is -2.64. The van der Waals surface area contributed by atoms with Crippen molar-refractivity contribution in [1.29, 1.82) is 0 Å². The maximum Gasteiger partial charge on any atom is 0.256 e. The second kappa shape index (κ2) is 43.7. The van der Waals surface area contributed by atoms with E-state index >= 15 is 33.6 Å². The highest BCUT2D eigenvalue weighted by molar-refractivity contribution is 8.00. The maximum atomic E-state index is 15.5. The second-order valence-corrected chi connectivity index (χ2v) is 30.2. The molecule has 5 N–H and O–H groups in total. The molecular formula is C72H132N12O13S. The van der Waals surface area contributed by atoms with Crippen LogP contribution in [0.4, 0.5) is 0 Å². The Morgan fingerprint density at radius 3 is 1.46 bits per heavy atom. The molecule has 564 valence electrons. The molecule has 0 aromatic rings. The number of amides is 11. The monoisotopic (exact) mass is 1400 g/mol. The number of likely N-dealkylation sites (N-methyl/N-ethyl adjacent to an activating group) is 7. The SMILES string of the molecule is C/C=C/C[C@@H](C)[C@@H](O)[C@H]1C(=O)N[C@@H](CC)C(=O)N(C)[C@H](SCCCN(CC)CC)C(=O)N(C)[C@@H](COCC(CC)CC)C(=O)N[C@@H](C(C)C)C(=O)N(C)[C@@H](CC(C)C)C(=O)N[C@@H](C)C(=O)N[C@H](C)C(=O)N(C)[C@@H](CC(C)C)C(=O)N(C)[C@@H](CC(C)C)C(=O)N(C)[C@@H](C(C)C)C(=O)N1C. The first-order chi connectivity index (χ1) is 45.7. The second-order valence-electron chi connectivity index (χ2n) is 29.0. The molecule has 0 saturated carbocycles. The number of carbonyl (C=O) groups is 11. The Morgan fingerprint density at radius 2 is 0.980 bits per heavy atom. The van der Waals surface area contributed by atoms with E-state index in [0.29, 0.717) is 25.1 Å². The van der Waals surface area contributed by atoms with Crippen LogP contribution in [0.15, 0.2) is 12.2 Å². The Labute approximate surface area is 593 Å². The number of aliphatic hydroxyl groups excluding tert-OH is 1. The maximum absolute atomic E-state index is 15.5. The zero-order valence-corrected chi connectivity index (χ0v) is 65.7. The molecule has 98 heavy (non-hydrogen) atoms. The number of nitrogens with zero attached hydrogens (tertiary/aromatic N) is 8. The summed E-state index contributed by atoms with van der Waals surface area (Å²) in [4.78, 5) is 176. The number of ether oxygens (including phenoxy) is 1. The molecule has 1 heterocycles. The van der Waals surface area contributed by atoms with Gasteiger partial charge in [0.05, 0.1) is 12.7 Å². The van der Waals surface area contributed by atoms with E-state index in [2.05, 4.69) is 26.2 Å². The van der Waals surface area contributed by atoms with Crippen molar-refractivity contribution in [3.63, 3.8) is 0 Å². The molecule has 0 aromatic carbocycles. The highest BCUT2D eigenvalue weighted by atomic mass is 32.2. The third-order valence-electron chi connectivity index (χ3n) is 19.1. The first-order valence-electron chi connectivity index (χ1n) is 36.0. The first-order valence-corrected chi connectivity index (χ1v) is 37.0. The number of hydrogen-bond donors (Lipinski definition) is 5. The van der Waals surface area contributed by atoms with E-state index in [9.17, 15) is 24.3 Å². The fourth-order valence-corrected chi connectivity index (χ4v) is 13.4. The Hall–Kier alpha value is -5.86. The number of rotatable bonds is 26. The van der Waals surface area contributed by atoms with Crippen molar-refractivity contribution < 1.29 is 62.6 Å². The molecule has 0 aromatic heterocycles. The van der Waals surface area contributed by atoms with Gasteiger partial charge in [-0.1, -0.05) is 136 Å². The molecule has 1 fully saturated rings. The lowest BCUT2D eigenvalue weighted by molar-refractivity contribution is -0.157. The first kappa shape index (κ1) is 90.2. The van der Waals surface area contributed by atoms with E-state index < -0.39 is 155 Å². The van der Waals surface area contributed by atoms with E-state index in [-0.39, 0.29) is 62.6 Å². The normalized spacial score (nSPS) is 25.8. The lowest BCUT2D eigenvalue weighted by atomic mass is 9.91. The largest absolute Gasteiger partial charge is 0.390 e. The molecular weight excluding hydrogens is 1270 g/mol. The van der Waals surface area contributed by atoms with Gasteiger partial charge in [0.25, 0.3) is 5.91 Å². The molecule has 1 saturated heterocycles. The Bertz CT molecular complexity index is 2600. The summed E-state index contributed by atoms with van der Waals surface area (Å²) in [6.45, 7) is 36.6. The molecule has 0 radical (unpaired) electrons. The van der Waals surface area contributed by atoms with Gasteiger partial charge in [-0.2, -0.15) is 0 Å². The van der Waals surface area contributed by atoms with Gasteiger partial charge in [-0.3, -0.25) is 52.7 Å². The molecule has 0 aliphatic carbocycles. The molecule has 0 spiro atoms. The number of nitrogens with one attached hydrogen (secondary N) is 4. The zero-order valence-electron chi connectivity index (χ0n) is 64.9. The van der Waals surface area contributed by atoms with E-state index in [1.807, 2.05) is 82.2 Å². The van der Waals surface area contributed by atoms with Crippen molar-refractivity contribution in [2.24, 2.45) is 41.4 Å². The summed E-state index contributed by atoms with van der Waals surface area (Å²) < 4.78 is 6.28. The zero-order chi connectivity index (χ0) is 75.5. The van der Waals surface area contributed by atoms with Gasteiger partial charge in [0.15, 0.2) is 5.37 Å². The molecule has 1 rings (SSSR count). The van der Waals surface area contributed by atoms with E-state index in [1.54, 1.807) is 47.6 Å². The van der Waals surface area contributed by atoms with E-state index in [1.165, 1.54) is 104 Å².